The second-order valence-corrected chi connectivity index (χ2v) is 8.15. The van der Waals surface area contributed by atoms with E-state index in [4.69, 9.17) is 14.2 Å². The summed E-state index contributed by atoms with van der Waals surface area (Å²) in [6.07, 6.45) is 3.74. The Hall–Kier alpha value is -2.47. The van der Waals surface area contributed by atoms with Crippen LogP contribution < -0.4 is 4.74 Å². The van der Waals surface area contributed by atoms with Gasteiger partial charge in [-0.25, -0.2) is 0 Å². The standard InChI is InChI=1S/C22H26N2O4.H2/c1-12-18-10-24-7-6-16-15-5-4-14(26-3)8-19(15)23-22(16)20(24)9-17(18)21(11-27-12)28-13(2)25;/h4-5,8,11-12,17-18,20,23H,6-7,9-10H2,1-3H3;1H/t12-,17-,18?,20-;/m1./s1. The molecule has 28 heavy (non-hydrogen) atoms. The fourth-order valence-electron chi connectivity index (χ4n) is 5.26. The first-order chi connectivity index (χ1) is 13.5. The molecule has 3 aliphatic heterocycles. The van der Waals surface area contributed by atoms with E-state index >= 15 is 0 Å². The van der Waals surface area contributed by atoms with Crippen LogP contribution in [0.2, 0.25) is 0 Å². The molecule has 0 aliphatic carbocycles. The number of rotatable bonds is 2. The van der Waals surface area contributed by atoms with Gasteiger partial charge in [-0.2, -0.15) is 0 Å². The van der Waals surface area contributed by atoms with E-state index < -0.39 is 0 Å². The molecule has 1 N–H and O–H groups in total. The lowest BCUT2D eigenvalue weighted by molar-refractivity contribution is -0.141. The van der Waals surface area contributed by atoms with Crippen molar-refractivity contribution in [2.75, 3.05) is 20.2 Å². The van der Waals surface area contributed by atoms with Crippen LogP contribution in [0.4, 0.5) is 0 Å². The summed E-state index contributed by atoms with van der Waals surface area (Å²) < 4.78 is 16.7. The smallest absolute Gasteiger partial charge is 0.307 e. The monoisotopic (exact) mass is 384 g/mol. The number of ether oxygens (including phenoxy) is 3. The van der Waals surface area contributed by atoms with E-state index in [0.717, 1.165) is 37.2 Å². The molecule has 6 nitrogen and oxygen atoms in total. The van der Waals surface area contributed by atoms with Crippen molar-refractivity contribution in [1.82, 2.24) is 9.88 Å². The molecule has 0 amide bonds. The van der Waals surface area contributed by atoms with Gasteiger partial charge in [0.25, 0.3) is 0 Å². The second kappa shape index (κ2) is 6.55. The minimum Gasteiger partial charge on any atom is -0.497 e. The highest BCUT2D eigenvalue weighted by Gasteiger charge is 2.46. The molecule has 1 unspecified atom stereocenters. The highest BCUT2D eigenvalue weighted by atomic mass is 16.6. The normalized spacial score (nSPS) is 29.2. The number of nitrogens with one attached hydrogen (secondary N) is 1. The maximum absolute atomic E-state index is 11.6. The SMILES string of the molecule is COc1ccc2c3c([nH]c2c1)[C@H]1C[C@H]2C(OC(C)=O)=CO[C@H](C)C2CN1CC3.[HH]. The Balaban J connectivity index is 0.00000205. The van der Waals surface area contributed by atoms with Crippen LogP contribution in [0.1, 0.15) is 39.0 Å². The van der Waals surface area contributed by atoms with Gasteiger partial charge < -0.3 is 19.2 Å². The van der Waals surface area contributed by atoms with Gasteiger partial charge in [0, 0.05) is 55.9 Å². The number of carbonyl (C=O) groups excluding carboxylic acids is 1. The van der Waals surface area contributed by atoms with Crippen LogP contribution in [0.3, 0.4) is 0 Å². The van der Waals surface area contributed by atoms with Gasteiger partial charge >= 0.3 is 5.97 Å². The Morgan fingerprint density at radius 1 is 1.39 bits per heavy atom. The minimum absolute atomic E-state index is 0. The number of hydrogen-bond donors (Lipinski definition) is 1. The molecule has 5 rings (SSSR count). The molecule has 1 saturated heterocycles. The fraction of sp³-hybridized carbons (Fsp3) is 0.500. The Labute approximate surface area is 165 Å². The van der Waals surface area contributed by atoms with Crippen molar-refractivity contribution in [3.8, 4) is 5.75 Å². The van der Waals surface area contributed by atoms with Gasteiger partial charge in [0.05, 0.1) is 19.3 Å². The maximum atomic E-state index is 11.6. The number of allylic oxidation sites excluding steroid dienone is 1. The fourth-order valence-corrected chi connectivity index (χ4v) is 5.26. The number of hydrogen-bond acceptors (Lipinski definition) is 5. The Bertz CT molecular complexity index is 969. The number of H-pyrrole nitrogens is 1. The van der Waals surface area contributed by atoms with Gasteiger partial charge in [0.1, 0.15) is 17.8 Å². The van der Waals surface area contributed by atoms with Crippen LogP contribution in [0.15, 0.2) is 30.2 Å². The summed E-state index contributed by atoms with van der Waals surface area (Å²) in [4.78, 5) is 17.8. The molecule has 3 aliphatic rings. The Morgan fingerprint density at radius 2 is 2.25 bits per heavy atom. The van der Waals surface area contributed by atoms with Crippen molar-refractivity contribution >= 4 is 16.9 Å². The molecule has 0 spiro atoms. The van der Waals surface area contributed by atoms with E-state index in [-0.39, 0.29) is 19.4 Å². The molecule has 1 aromatic carbocycles. The van der Waals surface area contributed by atoms with Gasteiger partial charge in [0.15, 0.2) is 0 Å². The predicted octanol–water partition coefficient (Wildman–Crippen LogP) is 3.78. The lowest BCUT2D eigenvalue weighted by atomic mass is 9.74. The molecular formula is C22H28N2O4. The summed E-state index contributed by atoms with van der Waals surface area (Å²) in [5.41, 5.74) is 3.84. The van der Waals surface area contributed by atoms with Crippen LogP contribution in [0, 0.1) is 11.8 Å². The summed E-state index contributed by atoms with van der Waals surface area (Å²) in [6.45, 7) is 5.56. The largest absolute Gasteiger partial charge is 0.497 e. The van der Waals surface area contributed by atoms with Crippen molar-refractivity contribution in [1.29, 1.82) is 0 Å². The molecule has 2 aromatic rings. The number of aromatic amines is 1. The number of nitrogens with zero attached hydrogens (tertiary/aromatic N) is 1. The average molecular weight is 384 g/mol. The summed E-state index contributed by atoms with van der Waals surface area (Å²) in [5.74, 6) is 1.79. The zero-order valence-corrected chi connectivity index (χ0v) is 16.5. The molecule has 6 heteroatoms. The molecule has 0 bridgehead atoms. The van der Waals surface area contributed by atoms with Crippen molar-refractivity contribution < 1.29 is 20.4 Å². The van der Waals surface area contributed by atoms with E-state index in [2.05, 4.69) is 28.9 Å². The quantitative estimate of drug-likeness (QED) is 0.799. The third-order valence-corrected chi connectivity index (χ3v) is 6.64. The summed E-state index contributed by atoms with van der Waals surface area (Å²) in [7, 11) is 1.70. The first-order valence-electron chi connectivity index (χ1n) is 10.0. The van der Waals surface area contributed by atoms with Crippen LogP contribution in [-0.2, 0) is 20.7 Å². The first kappa shape index (κ1) is 17.6. The zero-order chi connectivity index (χ0) is 19.4. The number of benzene rings is 1. The molecule has 0 saturated carbocycles. The zero-order valence-electron chi connectivity index (χ0n) is 16.5. The molecule has 150 valence electrons. The van der Waals surface area contributed by atoms with Gasteiger partial charge in [-0.3, -0.25) is 9.69 Å². The Kier molecular flexibility index (Phi) is 4.12. The molecule has 1 aromatic heterocycles. The van der Waals surface area contributed by atoms with E-state index in [0.29, 0.717) is 17.7 Å². The summed E-state index contributed by atoms with van der Waals surface area (Å²) in [5, 5.41) is 1.29. The molecule has 1 fully saturated rings. The number of carbonyl (C=O) groups is 1. The maximum Gasteiger partial charge on any atom is 0.307 e. The van der Waals surface area contributed by atoms with Crippen molar-refractivity contribution in [2.24, 2.45) is 11.8 Å². The van der Waals surface area contributed by atoms with E-state index in [1.165, 1.54) is 23.6 Å². The van der Waals surface area contributed by atoms with E-state index in [1.807, 2.05) is 6.07 Å². The van der Waals surface area contributed by atoms with Crippen LogP contribution in [0.5, 0.6) is 5.75 Å². The minimum atomic E-state index is -0.285. The third-order valence-electron chi connectivity index (χ3n) is 6.64. The van der Waals surface area contributed by atoms with Crippen LogP contribution >= 0.6 is 0 Å². The molecule has 0 radical (unpaired) electrons. The lowest BCUT2D eigenvalue weighted by Crippen LogP contribution is -2.51. The number of aromatic nitrogens is 1. The number of esters is 1. The van der Waals surface area contributed by atoms with Crippen molar-refractivity contribution in [3.63, 3.8) is 0 Å². The van der Waals surface area contributed by atoms with Gasteiger partial charge in [-0.1, -0.05) is 0 Å². The summed E-state index contributed by atoms with van der Waals surface area (Å²) >= 11 is 0. The second-order valence-electron chi connectivity index (χ2n) is 8.15. The van der Waals surface area contributed by atoms with Crippen LogP contribution in [0.25, 0.3) is 10.9 Å². The van der Waals surface area contributed by atoms with Gasteiger partial charge in [-0.05, 0) is 37.5 Å². The first-order valence-corrected chi connectivity index (χ1v) is 10.0. The average Bonchev–Trinajstić information content (AvgIpc) is 3.07. The van der Waals surface area contributed by atoms with E-state index in [9.17, 15) is 4.79 Å². The summed E-state index contributed by atoms with van der Waals surface area (Å²) in [6, 6.07) is 6.56. The topological polar surface area (TPSA) is 63.8 Å². The molecular weight excluding hydrogens is 356 g/mol. The highest BCUT2D eigenvalue weighted by Crippen LogP contribution is 2.47. The van der Waals surface area contributed by atoms with Crippen molar-refractivity contribution in [3.05, 3.63) is 41.5 Å². The number of methoxy groups -OCH3 is 1. The highest BCUT2D eigenvalue weighted by molar-refractivity contribution is 5.86. The Morgan fingerprint density at radius 3 is 3.04 bits per heavy atom. The van der Waals surface area contributed by atoms with E-state index in [1.54, 1.807) is 13.4 Å². The molecule has 4 heterocycles. The van der Waals surface area contributed by atoms with Crippen molar-refractivity contribution in [2.45, 2.75) is 38.8 Å². The van der Waals surface area contributed by atoms with Gasteiger partial charge in [-0.15, -0.1) is 0 Å². The predicted molar refractivity (Wildman–Crippen MR) is 107 cm³/mol. The molecule has 4 atom stereocenters. The third kappa shape index (κ3) is 2.70. The van der Waals surface area contributed by atoms with Gasteiger partial charge in [0.2, 0.25) is 0 Å². The van der Waals surface area contributed by atoms with Crippen LogP contribution in [-0.4, -0.2) is 42.2 Å². The number of fused-ring (bicyclic) bond motifs is 6. The lowest BCUT2D eigenvalue weighted by Gasteiger charge is -2.49. The number of piperidine rings is 1.